The van der Waals surface area contributed by atoms with Gasteiger partial charge in [0.2, 0.25) is 0 Å². The fourth-order valence-corrected chi connectivity index (χ4v) is 2.03. The summed E-state index contributed by atoms with van der Waals surface area (Å²) in [6, 6.07) is 8.36. The summed E-state index contributed by atoms with van der Waals surface area (Å²) >= 11 is 0. The van der Waals surface area contributed by atoms with Crippen molar-refractivity contribution in [3.05, 3.63) is 47.4 Å². The molecule has 0 aliphatic carbocycles. The molecular formula is C17H20N4O3. The lowest BCUT2D eigenvalue weighted by atomic mass is 10.2. The molecule has 7 nitrogen and oxygen atoms in total. The van der Waals surface area contributed by atoms with Gasteiger partial charge in [-0.05, 0) is 37.6 Å². The van der Waals surface area contributed by atoms with Crippen molar-refractivity contribution >= 4 is 23.4 Å². The summed E-state index contributed by atoms with van der Waals surface area (Å²) in [6.45, 7) is 4.30. The van der Waals surface area contributed by atoms with Crippen LogP contribution in [0.3, 0.4) is 0 Å². The Kier molecular flexibility index (Phi) is 5.83. The second-order valence-corrected chi connectivity index (χ2v) is 5.14. The van der Waals surface area contributed by atoms with Gasteiger partial charge in [0.1, 0.15) is 17.3 Å². The van der Waals surface area contributed by atoms with Crippen LogP contribution in [0.5, 0.6) is 0 Å². The zero-order valence-electron chi connectivity index (χ0n) is 13.9. The molecule has 2 rings (SSSR count). The third-order valence-corrected chi connectivity index (χ3v) is 3.18. The fourth-order valence-electron chi connectivity index (χ4n) is 2.03. The van der Waals surface area contributed by atoms with Crippen LogP contribution in [0.15, 0.2) is 30.3 Å². The van der Waals surface area contributed by atoms with Crippen molar-refractivity contribution in [1.29, 1.82) is 0 Å². The van der Waals surface area contributed by atoms with Gasteiger partial charge in [0.05, 0.1) is 12.7 Å². The minimum atomic E-state index is -0.394. The van der Waals surface area contributed by atoms with Crippen LogP contribution in [0.4, 0.5) is 11.5 Å². The summed E-state index contributed by atoms with van der Waals surface area (Å²) in [7, 11) is 1.34. The smallest absolute Gasteiger partial charge is 0.337 e. The molecule has 24 heavy (non-hydrogen) atoms. The van der Waals surface area contributed by atoms with Gasteiger partial charge in [-0.15, -0.1) is 0 Å². The minimum Gasteiger partial charge on any atom is -0.465 e. The second-order valence-electron chi connectivity index (χ2n) is 5.14. The Morgan fingerprint density at radius 3 is 2.50 bits per heavy atom. The Morgan fingerprint density at radius 1 is 1.17 bits per heavy atom. The lowest BCUT2D eigenvalue weighted by Gasteiger charge is -2.09. The van der Waals surface area contributed by atoms with Crippen molar-refractivity contribution in [2.75, 3.05) is 19.0 Å². The number of hydrogen-bond acceptors (Lipinski definition) is 6. The van der Waals surface area contributed by atoms with Gasteiger partial charge < -0.3 is 15.4 Å². The topological polar surface area (TPSA) is 93.2 Å². The number of esters is 1. The van der Waals surface area contributed by atoms with Crippen LogP contribution in [0, 0.1) is 6.92 Å². The number of hydrogen-bond donors (Lipinski definition) is 2. The van der Waals surface area contributed by atoms with Crippen LogP contribution in [-0.4, -0.2) is 35.5 Å². The Balaban J connectivity index is 2.16. The highest BCUT2D eigenvalue weighted by molar-refractivity contribution is 5.93. The molecule has 2 N–H and O–H groups in total. The molecule has 0 unspecified atom stereocenters. The molecule has 1 aromatic carbocycles. The van der Waals surface area contributed by atoms with Crippen molar-refractivity contribution < 1.29 is 14.3 Å². The van der Waals surface area contributed by atoms with E-state index in [2.05, 4.69) is 25.3 Å². The fraction of sp³-hybridized carbons (Fsp3) is 0.294. The van der Waals surface area contributed by atoms with Crippen LogP contribution in [-0.2, 0) is 4.74 Å². The van der Waals surface area contributed by atoms with Gasteiger partial charge >= 0.3 is 5.97 Å². The number of carbonyl (C=O) groups is 2. The first kappa shape index (κ1) is 17.4. The molecule has 0 aliphatic rings. The van der Waals surface area contributed by atoms with E-state index in [1.807, 2.05) is 6.92 Å². The highest BCUT2D eigenvalue weighted by Gasteiger charge is 2.10. The average molecular weight is 328 g/mol. The third kappa shape index (κ3) is 4.52. The van der Waals surface area contributed by atoms with E-state index in [0.717, 1.165) is 12.1 Å². The van der Waals surface area contributed by atoms with Crippen molar-refractivity contribution in [2.45, 2.75) is 20.3 Å². The highest BCUT2D eigenvalue weighted by atomic mass is 16.5. The number of nitrogens with one attached hydrogen (secondary N) is 2. The quantitative estimate of drug-likeness (QED) is 0.791. The number of carbonyl (C=O) groups excluding carboxylic acids is 2. The zero-order valence-corrected chi connectivity index (χ0v) is 13.9. The van der Waals surface area contributed by atoms with Crippen molar-refractivity contribution in [3.63, 3.8) is 0 Å². The number of methoxy groups -OCH3 is 1. The Labute approximate surface area is 140 Å². The predicted octanol–water partition coefficient (Wildman–Crippen LogP) is 2.46. The number of ether oxygens (including phenoxy) is 1. The van der Waals surface area contributed by atoms with E-state index in [9.17, 15) is 9.59 Å². The summed E-state index contributed by atoms with van der Waals surface area (Å²) in [5.41, 5.74) is 1.51. The molecule has 0 saturated carbocycles. The number of nitrogens with zero attached hydrogens (tertiary/aromatic N) is 2. The maximum atomic E-state index is 12.0. The molecule has 0 fully saturated rings. The molecule has 0 radical (unpaired) electrons. The van der Waals surface area contributed by atoms with Gasteiger partial charge in [-0.2, -0.15) is 0 Å². The van der Waals surface area contributed by atoms with E-state index < -0.39 is 5.97 Å². The van der Waals surface area contributed by atoms with Crippen molar-refractivity contribution in [3.8, 4) is 0 Å². The SMILES string of the molecule is CCCNC(=O)c1cc(Nc2ccc(C(=O)OC)cc2)nc(C)n1. The average Bonchev–Trinajstić information content (AvgIpc) is 2.59. The Morgan fingerprint density at radius 2 is 1.88 bits per heavy atom. The first-order valence-corrected chi connectivity index (χ1v) is 7.62. The molecule has 0 bridgehead atoms. The number of anilines is 2. The number of benzene rings is 1. The summed E-state index contributed by atoms with van der Waals surface area (Å²) in [5, 5.41) is 5.88. The molecule has 0 aliphatic heterocycles. The van der Waals surface area contributed by atoms with Gasteiger partial charge in [0.15, 0.2) is 0 Å². The summed E-state index contributed by atoms with van der Waals surface area (Å²) in [4.78, 5) is 31.9. The van der Waals surface area contributed by atoms with Gasteiger partial charge in [0.25, 0.3) is 5.91 Å². The zero-order chi connectivity index (χ0) is 17.5. The molecule has 0 atom stereocenters. The number of aromatic nitrogens is 2. The summed E-state index contributed by atoms with van der Waals surface area (Å²) in [6.07, 6.45) is 0.855. The minimum absolute atomic E-state index is 0.230. The molecule has 1 amide bonds. The standard InChI is InChI=1S/C17H20N4O3/c1-4-9-18-16(22)14-10-15(20-11(2)19-14)21-13-7-5-12(6-8-13)17(23)24-3/h5-8,10H,4,9H2,1-3H3,(H,18,22)(H,19,20,21). The van der Waals surface area contributed by atoms with Crippen LogP contribution in [0.2, 0.25) is 0 Å². The first-order chi connectivity index (χ1) is 11.5. The first-order valence-electron chi connectivity index (χ1n) is 7.62. The van der Waals surface area contributed by atoms with E-state index in [-0.39, 0.29) is 5.91 Å². The lowest BCUT2D eigenvalue weighted by Crippen LogP contribution is -2.25. The maximum absolute atomic E-state index is 12.0. The molecule has 0 saturated heterocycles. The number of aryl methyl sites for hydroxylation is 1. The maximum Gasteiger partial charge on any atom is 0.337 e. The highest BCUT2D eigenvalue weighted by Crippen LogP contribution is 2.16. The molecule has 1 aromatic heterocycles. The molecule has 7 heteroatoms. The van der Waals surface area contributed by atoms with Crippen LogP contribution in [0.1, 0.15) is 40.0 Å². The third-order valence-electron chi connectivity index (χ3n) is 3.18. The van der Waals surface area contributed by atoms with Crippen LogP contribution < -0.4 is 10.6 Å². The van der Waals surface area contributed by atoms with Crippen molar-refractivity contribution in [1.82, 2.24) is 15.3 Å². The number of amides is 1. The largest absolute Gasteiger partial charge is 0.465 e. The monoisotopic (exact) mass is 328 g/mol. The van der Waals surface area contributed by atoms with Crippen LogP contribution in [0.25, 0.3) is 0 Å². The Hall–Kier alpha value is -2.96. The van der Waals surface area contributed by atoms with Crippen LogP contribution >= 0.6 is 0 Å². The lowest BCUT2D eigenvalue weighted by molar-refractivity contribution is 0.0600. The van der Waals surface area contributed by atoms with E-state index in [0.29, 0.717) is 29.4 Å². The van der Waals surface area contributed by atoms with E-state index in [4.69, 9.17) is 0 Å². The summed E-state index contributed by atoms with van der Waals surface area (Å²) < 4.78 is 4.66. The molecular weight excluding hydrogens is 308 g/mol. The van der Waals surface area contributed by atoms with Gasteiger partial charge in [-0.3, -0.25) is 4.79 Å². The molecule has 1 heterocycles. The summed E-state index contributed by atoms with van der Waals surface area (Å²) in [5.74, 6) is 0.378. The molecule has 126 valence electrons. The van der Waals surface area contributed by atoms with E-state index in [1.54, 1.807) is 37.3 Å². The van der Waals surface area contributed by atoms with E-state index >= 15 is 0 Å². The molecule has 0 spiro atoms. The van der Waals surface area contributed by atoms with Crippen molar-refractivity contribution in [2.24, 2.45) is 0 Å². The number of rotatable bonds is 6. The Bertz CT molecular complexity index is 729. The second kappa shape index (κ2) is 8.05. The van der Waals surface area contributed by atoms with Gasteiger partial charge in [0, 0.05) is 18.3 Å². The molecule has 2 aromatic rings. The van der Waals surface area contributed by atoms with Gasteiger partial charge in [-0.1, -0.05) is 6.92 Å². The normalized spacial score (nSPS) is 10.1. The predicted molar refractivity (Wildman–Crippen MR) is 90.5 cm³/mol. The van der Waals surface area contributed by atoms with E-state index in [1.165, 1.54) is 7.11 Å². The van der Waals surface area contributed by atoms with Gasteiger partial charge in [-0.25, -0.2) is 14.8 Å².